The van der Waals surface area contributed by atoms with E-state index in [9.17, 15) is 9.90 Å². The second-order valence-electron chi connectivity index (χ2n) is 5.25. The van der Waals surface area contributed by atoms with Gasteiger partial charge in [-0.05, 0) is 50.3 Å². The molecule has 0 aromatic heterocycles. The third kappa shape index (κ3) is 5.03. The molecule has 0 saturated heterocycles. The zero-order chi connectivity index (χ0) is 14.4. The van der Waals surface area contributed by atoms with E-state index in [2.05, 4.69) is 24.4 Å². The lowest BCUT2D eigenvalue weighted by Crippen LogP contribution is -2.28. The Labute approximate surface area is 116 Å². The first-order valence-corrected chi connectivity index (χ1v) is 6.95. The van der Waals surface area contributed by atoms with Crippen LogP contribution in [-0.2, 0) is 11.2 Å². The van der Waals surface area contributed by atoms with Gasteiger partial charge in [-0.25, -0.2) is 0 Å². The Bertz CT molecular complexity index is 417. The molecule has 2 N–H and O–H groups in total. The summed E-state index contributed by atoms with van der Waals surface area (Å²) in [4.78, 5) is 11.9. The van der Waals surface area contributed by atoms with Crippen LogP contribution >= 0.6 is 0 Å². The Morgan fingerprint density at radius 1 is 1.26 bits per heavy atom. The van der Waals surface area contributed by atoms with Crippen LogP contribution in [0.25, 0.3) is 0 Å². The van der Waals surface area contributed by atoms with Crippen molar-refractivity contribution in [2.45, 2.75) is 53.1 Å². The van der Waals surface area contributed by atoms with Gasteiger partial charge in [-0.15, -0.1) is 0 Å². The number of hydrogen-bond donors (Lipinski definition) is 2. The van der Waals surface area contributed by atoms with Gasteiger partial charge in [-0.1, -0.05) is 24.6 Å². The van der Waals surface area contributed by atoms with Gasteiger partial charge in [0.15, 0.2) is 0 Å². The Morgan fingerprint density at radius 3 is 2.37 bits per heavy atom. The molecule has 1 aromatic rings. The van der Waals surface area contributed by atoms with Crippen LogP contribution in [0.4, 0.5) is 0 Å². The molecule has 3 heteroatoms. The van der Waals surface area contributed by atoms with E-state index in [4.69, 9.17) is 0 Å². The number of carbonyl (C=O) groups excluding carboxylic acids is 1. The van der Waals surface area contributed by atoms with Crippen molar-refractivity contribution < 1.29 is 9.90 Å². The van der Waals surface area contributed by atoms with Crippen LogP contribution in [0.15, 0.2) is 12.1 Å². The lowest BCUT2D eigenvalue weighted by atomic mass is 9.97. The summed E-state index contributed by atoms with van der Waals surface area (Å²) < 4.78 is 0. The fourth-order valence-corrected chi connectivity index (χ4v) is 2.29. The standard InChI is InChI=1S/C16H25NO2/c1-5-14(18)6-7-17-16(19)10-15-12(3)8-11(2)9-13(15)4/h8-9,14,18H,5-7,10H2,1-4H3,(H,17,19)/t14-/m0/s1. The molecule has 0 unspecified atom stereocenters. The minimum absolute atomic E-state index is 0.0263. The molecule has 0 heterocycles. The van der Waals surface area contributed by atoms with Crippen LogP contribution in [0.5, 0.6) is 0 Å². The third-order valence-electron chi connectivity index (χ3n) is 3.45. The number of rotatable bonds is 6. The van der Waals surface area contributed by atoms with Crippen LogP contribution in [0.3, 0.4) is 0 Å². The van der Waals surface area contributed by atoms with Gasteiger partial charge in [0.1, 0.15) is 0 Å². The van der Waals surface area contributed by atoms with E-state index in [1.807, 2.05) is 20.8 Å². The van der Waals surface area contributed by atoms with Gasteiger partial charge in [0, 0.05) is 6.54 Å². The van der Waals surface area contributed by atoms with Crippen molar-refractivity contribution in [1.82, 2.24) is 5.32 Å². The first kappa shape index (κ1) is 15.7. The number of benzene rings is 1. The van der Waals surface area contributed by atoms with E-state index < -0.39 is 0 Å². The van der Waals surface area contributed by atoms with Crippen molar-refractivity contribution >= 4 is 5.91 Å². The summed E-state index contributed by atoms with van der Waals surface area (Å²) >= 11 is 0. The number of aliphatic hydroxyl groups is 1. The molecule has 0 bridgehead atoms. The third-order valence-corrected chi connectivity index (χ3v) is 3.45. The van der Waals surface area contributed by atoms with Crippen molar-refractivity contribution in [2.75, 3.05) is 6.54 Å². The summed E-state index contributed by atoms with van der Waals surface area (Å²) in [5.74, 6) is 0.0263. The second-order valence-corrected chi connectivity index (χ2v) is 5.25. The van der Waals surface area contributed by atoms with E-state index in [0.29, 0.717) is 19.4 Å². The smallest absolute Gasteiger partial charge is 0.224 e. The summed E-state index contributed by atoms with van der Waals surface area (Å²) in [7, 11) is 0. The number of amides is 1. The predicted octanol–water partition coefficient (Wildman–Crippen LogP) is 2.43. The van der Waals surface area contributed by atoms with Crippen molar-refractivity contribution in [3.05, 3.63) is 34.4 Å². The van der Waals surface area contributed by atoms with Gasteiger partial charge in [0.05, 0.1) is 12.5 Å². The number of aliphatic hydroxyl groups excluding tert-OH is 1. The van der Waals surface area contributed by atoms with Gasteiger partial charge in [-0.2, -0.15) is 0 Å². The SMILES string of the molecule is CC[C@H](O)CCNC(=O)Cc1c(C)cc(C)cc1C. The zero-order valence-corrected chi connectivity index (χ0v) is 12.4. The molecule has 1 aromatic carbocycles. The van der Waals surface area contributed by atoms with Crippen LogP contribution in [0.2, 0.25) is 0 Å². The monoisotopic (exact) mass is 263 g/mol. The molecule has 0 saturated carbocycles. The lowest BCUT2D eigenvalue weighted by Gasteiger charge is -2.12. The molecule has 0 spiro atoms. The highest BCUT2D eigenvalue weighted by Gasteiger charge is 2.09. The fourth-order valence-electron chi connectivity index (χ4n) is 2.29. The largest absolute Gasteiger partial charge is 0.393 e. The Kier molecular flexibility index (Phi) is 6.03. The summed E-state index contributed by atoms with van der Waals surface area (Å²) in [5.41, 5.74) is 4.67. The van der Waals surface area contributed by atoms with Crippen LogP contribution in [0, 0.1) is 20.8 Å². The summed E-state index contributed by atoms with van der Waals surface area (Å²) in [6.45, 7) is 8.63. The van der Waals surface area contributed by atoms with Crippen molar-refractivity contribution in [3.8, 4) is 0 Å². The lowest BCUT2D eigenvalue weighted by molar-refractivity contribution is -0.120. The molecule has 1 rings (SSSR count). The molecule has 1 atom stereocenters. The first-order chi connectivity index (χ1) is 8.93. The van der Waals surface area contributed by atoms with Crippen LogP contribution in [0.1, 0.15) is 42.0 Å². The van der Waals surface area contributed by atoms with Crippen LogP contribution < -0.4 is 5.32 Å². The summed E-state index contributed by atoms with van der Waals surface area (Å²) in [5, 5.41) is 12.3. The molecule has 0 fully saturated rings. The molecular formula is C16H25NO2. The molecule has 0 radical (unpaired) electrons. The molecule has 106 valence electrons. The Hall–Kier alpha value is -1.35. The highest BCUT2D eigenvalue weighted by Crippen LogP contribution is 2.16. The second kappa shape index (κ2) is 7.29. The number of nitrogens with one attached hydrogen (secondary N) is 1. The van der Waals surface area contributed by atoms with Gasteiger partial charge in [0.25, 0.3) is 0 Å². The number of hydrogen-bond acceptors (Lipinski definition) is 2. The van der Waals surface area contributed by atoms with Crippen molar-refractivity contribution in [3.63, 3.8) is 0 Å². The van der Waals surface area contributed by atoms with E-state index in [0.717, 1.165) is 12.0 Å². The van der Waals surface area contributed by atoms with E-state index in [1.165, 1.54) is 16.7 Å². The predicted molar refractivity (Wildman–Crippen MR) is 78.3 cm³/mol. The van der Waals surface area contributed by atoms with Gasteiger partial charge in [-0.3, -0.25) is 4.79 Å². The maximum atomic E-state index is 11.9. The molecular weight excluding hydrogens is 238 g/mol. The normalized spacial score (nSPS) is 12.3. The molecule has 3 nitrogen and oxygen atoms in total. The summed E-state index contributed by atoms with van der Waals surface area (Å²) in [6, 6.07) is 4.22. The molecule has 19 heavy (non-hydrogen) atoms. The van der Waals surface area contributed by atoms with Crippen molar-refractivity contribution in [2.24, 2.45) is 0 Å². The minimum Gasteiger partial charge on any atom is -0.393 e. The number of carbonyl (C=O) groups is 1. The average molecular weight is 263 g/mol. The quantitative estimate of drug-likeness (QED) is 0.828. The fraction of sp³-hybridized carbons (Fsp3) is 0.562. The van der Waals surface area contributed by atoms with Gasteiger partial charge < -0.3 is 10.4 Å². The molecule has 0 aliphatic heterocycles. The topological polar surface area (TPSA) is 49.3 Å². The van der Waals surface area contributed by atoms with E-state index in [-0.39, 0.29) is 12.0 Å². The minimum atomic E-state index is -0.317. The van der Waals surface area contributed by atoms with Gasteiger partial charge >= 0.3 is 0 Å². The molecule has 0 aliphatic carbocycles. The first-order valence-electron chi connectivity index (χ1n) is 6.95. The summed E-state index contributed by atoms with van der Waals surface area (Å²) in [6.07, 6.45) is 1.45. The maximum Gasteiger partial charge on any atom is 0.224 e. The maximum absolute atomic E-state index is 11.9. The van der Waals surface area contributed by atoms with E-state index >= 15 is 0 Å². The van der Waals surface area contributed by atoms with Crippen LogP contribution in [-0.4, -0.2) is 23.7 Å². The van der Waals surface area contributed by atoms with E-state index in [1.54, 1.807) is 0 Å². The Balaban J connectivity index is 2.53. The highest BCUT2D eigenvalue weighted by molar-refractivity contribution is 5.79. The Morgan fingerprint density at radius 2 is 1.84 bits per heavy atom. The van der Waals surface area contributed by atoms with Crippen molar-refractivity contribution in [1.29, 1.82) is 0 Å². The zero-order valence-electron chi connectivity index (χ0n) is 12.4. The number of aryl methyl sites for hydroxylation is 3. The molecule has 1 amide bonds. The molecule has 0 aliphatic rings. The average Bonchev–Trinajstić information content (AvgIpc) is 2.33. The van der Waals surface area contributed by atoms with Gasteiger partial charge in [0.2, 0.25) is 5.91 Å². The highest BCUT2D eigenvalue weighted by atomic mass is 16.3.